The molecule has 0 unspecified atom stereocenters. The monoisotopic (exact) mass is 465 g/mol. The fourth-order valence-corrected chi connectivity index (χ4v) is 4.54. The van der Waals surface area contributed by atoms with E-state index >= 15 is 0 Å². The number of nitrogens with one attached hydrogen (secondary N) is 1. The lowest BCUT2D eigenvalue weighted by molar-refractivity contribution is -0.113. The van der Waals surface area contributed by atoms with E-state index in [-0.39, 0.29) is 11.7 Å². The Morgan fingerprint density at radius 2 is 2.17 bits per heavy atom. The number of amides is 1. The number of allylic oxidation sites excluding steroid dienone is 1. The normalized spacial score (nSPS) is 13.4. The highest BCUT2D eigenvalue weighted by atomic mass is 35.5. The molecule has 0 radical (unpaired) electrons. The van der Waals surface area contributed by atoms with Crippen molar-refractivity contribution in [2.75, 3.05) is 11.1 Å². The standard InChI is InChI=1S/C19H17Cl2N5OS2/c1-2-7-26-17(11-3-4-11)24-25-19(26)29-10-16(27)23-18-22-15(9-28-18)12-5-6-13(20)14(21)8-12/h2,5-6,8-9,11H,1,3-4,7,10H2,(H,22,23,27). The molecule has 3 aromatic rings. The summed E-state index contributed by atoms with van der Waals surface area (Å²) in [6.07, 6.45) is 4.11. The molecular formula is C19H17Cl2N5OS2. The number of hydrogen-bond acceptors (Lipinski definition) is 6. The highest BCUT2D eigenvalue weighted by Gasteiger charge is 2.30. The number of aromatic nitrogens is 4. The van der Waals surface area contributed by atoms with E-state index in [1.165, 1.54) is 23.1 Å². The Labute approximate surface area is 186 Å². The molecule has 1 aliphatic carbocycles. The van der Waals surface area contributed by atoms with Gasteiger partial charge in [0, 0.05) is 23.4 Å². The molecule has 0 aliphatic heterocycles. The first-order valence-corrected chi connectivity index (χ1v) is 11.5. The van der Waals surface area contributed by atoms with Crippen molar-refractivity contribution >= 4 is 57.3 Å². The van der Waals surface area contributed by atoms with Crippen LogP contribution < -0.4 is 5.32 Å². The second kappa shape index (κ2) is 8.87. The van der Waals surface area contributed by atoms with Gasteiger partial charge < -0.3 is 9.88 Å². The topological polar surface area (TPSA) is 72.7 Å². The minimum Gasteiger partial charge on any atom is -0.302 e. The third-order valence-electron chi connectivity index (χ3n) is 4.30. The van der Waals surface area contributed by atoms with Crippen LogP contribution in [0.1, 0.15) is 24.6 Å². The Kier molecular flexibility index (Phi) is 6.24. The average Bonchev–Trinajstić information content (AvgIpc) is 3.31. The van der Waals surface area contributed by atoms with Crippen LogP contribution in [0.25, 0.3) is 11.3 Å². The van der Waals surface area contributed by atoms with Crippen molar-refractivity contribution in [2.45, 2.75) is 30.5 Å². The number of hydrogen-bond donors (Lipinski definition) is 1. The molecule has 0 bridgehead atoms. The highest BCUT2D eigenvalue weighted by molar-refractivity contribution is 7.99. The number of rotatable bonds is 8. The van der Waals surface area contributed by atoms with Gasteiger partial charge in [-0.25, -0.2) is 4.98 Å². The number of thiazole rings is 1. The van der Waals surface area contributed by atoms with Crippen molar-refractivity contribution in [1.82, 2.24) is 19.7 Å². The lowest BCUT2D eigenvalue weighted by atomic mass is 10.2. The molecule has 1 fully saturated rings. The molecule has 6 nitrogen and oxygen atoms in total. The molecule has 1 saturated carbocycles. The molecule has 150 valence electrons. The van der Waals surface area contributed by atoms with Crippen molar-refractivity contribution < 1.29 is 4.79 Å². The number of benzene rings is 1. The molecule has 1 amide bonds. The van der Waals surface area contributed by atoms with Gasteiger partial charge in [-0.1, -0.05) is 47.1 Å². The number of nitrogens with zero attached hydrogens (tertiary/aromatic N) is 4. The van der Waals surface area contributed by atoms with Gasteiger partial charge in [0.05, 0.1) is 21.5 Å². The van der Waals surface area contributed by atoms with Gasteiger partial charge in [-0.3, -0.25) is 4.79 Å². The average molecular weight is 466 g/mol. The molecular weight excluding hydrogens is 449 g/mol. The number of anilines is 1. The van der Waals surface area contributed by atoms with Crippen LogP contribution in [0.5, 0.6) is 0 Å². The van der Waals surface area contributed by atoms with E-state index in [0.29, 0.717) is 27.6 Å². The van der Waals surface area contributed by atoms with Crippen molar-refractivity contribution in [3.05, 3.63) is 52.1 Å². The first-order chi connectivity index (χ1) is 14.0. The van der Waals surface area contributed by atoms with Crippen LogP contribution in [-0.2, 0) is 11.3 Å². The lowest BCUT2D eigenvalue weighted by Gasteiger charge is -2.06. The summed E-state index contributed by atoms with van der Waals surface area (Å²) in [5.74, 6) is 1.55. The van der Waals surface area contributed by atoms with Crippen molar-refractivity contribution in [2.24, 2.45) is 0 Å². The van der Waals surface area contributed by atoms with Crippen LogP contribution in [0.2, 0.25) is 10.0 Å². The summed E-state index contributed by atoms with van der Waals surface area (Å²) in [7, 11) is 0. The zero-order valence-electron chi connectivity index (χ0n) is 15.3. The van der Waals surface area contributed by atoms with Crippen LogP contribution in [0.4, 0.5) is 5.13 Å². The van der Waals surface area contributed by atoms with Crippen molar-refractivity contribution in [3.8, 4) is 11.3 Å². The van der Waals surface area contributed by atoms with Crippen LogP contribution in [-0.4, -0.2) is 31.4 Å². The Morgan fingerprint density at radius 1 is 1.34 bits per heavy atom. The molecule has 2 heterocycles. The summed E-state index contributed by atoms with van der Waals surface area (Å²) >= 11 is 14.7. The molecule has 1 N–H and O–H groups in total. The molecule has 29 heavy (non-hydrogen) atoms. The Morgan fingerprint density at radius 3 is 2.90 bits per heavy atom. The molecule has 4 rings (SSSR count). The quantitative estimate of drug-likeness (QED) is 0.351. The minimum atomic E-state index is -0.147. The Hall–Kier alpha value is -1.87. The van der Waals surface area contributed by atoms with E-state index in [4.69, 9.17) is 23.2 Å². The molecule has 0 spiro atoms. The van der Waals surface area contributed by atoms with E-state index in [1.807, 2.05) is 22.1 Å². The second-order valence-corrected chi connectivity index (χ2v) is 9.13. The minimum absolute atomic E-state index is 0.147. The molecule has 1 aliphatic rings. The smallest absolute Gasteiger partial charge is 0.236 e. The number of halogens is 2. The molecule has 10 heteroatoms. The van der Waals surface area contributed by atoms with Gasteiger partial charge in [-0.15, -0.1) is 28.1 Å². The van der Waals surface area contributed by atoms with Crippen LogP contribution >= 0.6 is 46.3 Å². The summed E-state index contributed by atoms with van der Waals surface area (Å²) < 4.78 is 2.04. The zero-order valence-corrected chi connectivity index (χ0v) is 18.4. The van der Waals surface area contributed by atoms with E-state index in [2.05, 4.69) is 27.1 Å². The maximum absolute atomic E-state index is 12.4. The van der Waals surface area contributed by atoms with E-state index in [1.54, 1.807) is 12.1 Å². The maximum atomic E-state index is 12.4. The van der Waals surface area contributed by atoms with Crippen LogP contribution in [0.15, 0.2) is 41.4 Å². The third kappa shape index (κ3) is 4.83. The van der Waals surface area contributed by atoms with E-state index in [9.17, 15) is 4.79 Å². The van der Waals surface area contributed by atoms with Crippen molar-refractivity contribution in [3.63, 3.8) is 0 Å². The molecule has 2 aromatic heterocycles. The van der Waals surface area contributed by atoms with Gasteiger partial charge in [0.1, 0.15) is 5.82 Å². The Balaban J connectivity index is 1.37. The Bertz CT molecular complexity index is 1060. The van der Waals surface area contributed by atoms with E-state index in [0.717, 1.165) is 35.1 Å². The molecule has 0 atom stereocenters. The number of thioether (sulfide) groups is 1. The van der Waals surface area contributed by atoms with Gasteiger partial charge in [-0.2, -0.15) is 0 Å². The predicted octanol–water partition coefficient (Wildman–Crippen LogP) is 5.50. The number of carbonyl (C=O) groups excluding carboxylic acids is 1. The summed E-state index contributed by atoms with van der Waals surface area (Å²) in [6, 6.07) is 5.32. The van der Waals surface area contributed by atoms with Gasteiger partial charge in [0.25, 0.3) is 0 Å². The van der Waals surface area contributed by atoms with Gasteiger partial charge in [-0.05, 0) is 25.0 Å². The lowest BCUT2D eigenvalue weighted by Crippen LogP contribution is -2.14. The fourth-order valence-electron chi connectivity index (χ4n) is 2.76. The molecule has 0 saturated heterocycles. The highest BCUT2D eigenvalue weighted by Crippen LogP contribution is 2.40. The molecule has 1 aromatic carbocycles. The van der Waals surface area contributed by atoms with Gasteiger partial charge in [0.2, 0.25) is 5.91 Å². The summed E-state index contributed by atoms with van der Waals surface area (Å²) in [6.45, 7) is 4.44. The van der Waals surface area contributed by atoms with Crippen molar-refractivity contribution in [1.29, 1.82) is 0 Å². The SMILES string of the molecule is C=CCn1c(SCC(=O)Nc2nc(-c3ccc(Cl)c(Cl)c3)cs2)nnc1C1CC1. The summed E-state index contributed by atoms with van der Waals surface area (Å²) in [5, 5.41) is 15.5. The number of carbonyl (C=O) groups is 1. The zero-order chi connectivity index (χ0) is 20.4. The van der Waals surface area contributed by atoms with Gasteiger partial charge >= 0.3 is 0 Å². The first kappa shape index (κ1) is 20.4. The second-order valence-electron chi connectivity index (χ2n) is 6.52. The maximum Gasteiger partial charge on any atom is 0.236 e. The van der Waals surface area contributed by atoms with E-state index < -0.39 is 0 Å². The van der Waals surface area contributed by atoms with Gasteiger partial charge in [0.15, 0.2) is 10.3 Å². The third-order valence-corrected chi connectivity index (χ3v) is 6.76. The summed E-state index contributed by atoms with van der Waals surface area (Å²) in [5.41, 5.74) is 1.58. The largest absolute Gasteiger partial charge is 0.302 e. The predicted molar refractivity (Wildman–Crippen MR) is 119 cm³/mol. The first-order valence-electron chi connectivity index (χ1n) is 8.92. The van der Waals surface area contributed by atoms with Crippen LogP contribution in [0.3, 0.4) is 0 Å². The fraction of sp³-hybridized carbons (Fsp3) is 0.263. The van der Waals surface area contributed by atoms with Crippen LogP contribution in [0, 0.1) is 0 Å². The summed E-state index contributed by atoms with van der Waals surface area (Å²) in [4.78, 5) is 16.8.